The Morgan fingerprint density at radius 3 is 2.88 bits per heavy atom. The standard InChI is InChI=1S/C19H14BrFN2O2/c1-10-7-11-3-2-4-13-17(11)23(10)9-14(18(13)24)19(25)22-16-6-5-12(20)8-15(16)21/h2-6,8-10H,7H2,1H3,(H,22,25)/t10-/m0/s1. The van der Waals surface area contributed by atoms with Gasteiger partial charge in [0, 0.05) is 22.1 Å². The first-order valence-electron chi connectivity index (χ1n) is 7.89. The van der Waals surface area contributed by atoms with Crippen molar-refractivity contribution in [1.29, 1.82) is 0 Å². The van der Waals surface area contributed by atoms with Gasteiger partial charge in [-0.3, -0.25) is 9.59 Å². The lowest BCUT2D eigenvalue weighted by Gasteiger charge is -2.13. The van der Waals surface area contributed by atoms with Crippen LogP contribution in [0.1, 0.15) is 28.9 Å². The van der Waals surface area contributed by atoms with Crippen molar-refractivity contribution in [2.75, 3.05) is 5.32 Å². The number of halogens is 2. The number of benzene rings is 2. The van der Waals surface area contributed by atoms with Crippen LogP contribution in [-0.4, -0.2) is 10.5 Å². The second kappa shape index (κ2) is 5.81. The van der Waals surface area contributed by atoms with Crippen LogP contribution in [0.15, 0.2) is 51.9 Å². The van der Waals surface area contributed by atoms with Gasteiger partial charge in [0.1, 0.15) is 11.4 Å². The van der Waals surface area contributed by atoms with Crippen molar-refractivity contribution in [1.82, 2.24) is 4.57 Å². The maximum atomic E-state index is 14.0. The van der Waals surface area contributed by atoms with E-state index in [1.165, 1.54) is 12.1 Å². The third kappa shape index (κ3) is 2.57. The van der Waals surface area contributed by atoms with E-state index >= 15 is 0 Å². The van der Waals surface area contributed by atoms with Gasteiger partial charge >= 0.3 is 0 Å². The van der Waals surface area contributed by atoms with E-state index in [2.05, 4.69) is 21.2 Å². The average molecular weight is 401 g/mol. The first-order chi connectivity index (χ1) is 12.0. The molecule has 0 radical (unpaired) electrons. The van der Waals surface area contributed by atoms with Crippen molar-refractivity contribution < 1.29 is 9.18 Å². The number of rotatable bonds is 2. The number of hydrogen-bond donors (Lipinski definition) is 1. The van der Waals surface area contributed by atoms with Gasteiger partial charge in [-0.2, -0.15) is 0 Å². The van der Waals surface area contributed by atoms with Gasteiger partial charge in [0.15, 0.2) is 0 Å². The van der Waals surface area contributed by atoms with Gasteiger partial charge in [-0.15, -0.1) is 0 Å². The predicted molar refractivity (Wildman–Crippen MR) is 98.7 cm³/mol. The highest BCUT2D eigenvalue weighted by Crippen LogP contribution is 2.31. The quantitative estimate of drug-likeness (QED) is 0.697. The van der Waals surface area contributed by atoms with E-state index in [4.69, 9.17) is 0 Å². The lowest BCUT2D eigenvalue weighted by atomic mass is 10.1. The maximum absolute atomic E-state index is 14.0. The number of pyridine rings is 1. The molecule has 0 fully saturated rings. The molecule has 1 amide bonds. The monoisotopic (exact) mass is 400 g/mol. The van der Waals surface area contributed by atoms with Crippen LogP contribution in [0.3, 0.4) is 0 Å². The van der Waals surface area contributed by atoms with Gasteiger partial charge in [0.25, 0.3) is 5.91 Å². The lowest BCUT2D eigenvalue weighted by Crippen LogP contribution is -2.24. The van der Waals surface area contributed by atoms with Gasteiger partial charge in [-0.05, 0) is 43.2 Å². The molecule has 1 N–H and O–H groups in total. The molecule has 0 bridgehead atoms. The molecule has 126 valence electrons. The van der Waals surface area contributed by atoms with Crippen molar-refractivity contribution in [2.24, 2.45) is 0 Å². The van der Waals surface area contributed by atoms with E-state index in [0.29, 0.717) is 9.86 Å². The first-order valence-corrected chi connectivity index (χ1v) is 8.68. The summed E-state index contributed by atoms with van der Waals surface area (Å²) in [6.45, 7) is 2.04. The summed E-state index contributed by atoms with van der Waals surface area (Å²) in [5.74, 6) is -1.18. The van der Waals surface area contributed by atoms with Crippen molar-refractivity contribution in [2.45, 2.75) is 19.4 Å². The molecule has 1 atom stereocenters. The molecule has 4 nitrogen and oxygen atoms in total. The highest BCUT2D eigenvalue weighted by molar-refractivity contribution is 9.10. The Bertz CT molecular complexity index is 1090. The van der Waals surface area contributed by atoms with Crippen LogP contribution in [0.4, 0.5) is 10.1 Å². The molecular weight excluding hydrogens is 387 g/mol. The summed E-state index contributed by atoms with van der Waals surface area (Å²) in [5.41, 5.74) is 1.70. The fourth-order valence-electron chi connectivity index (χ4n) is 3.36. The predicted octanol–water partition coefficient (Wildman–Crippen LogP) is 4.27. The van der Waals surface area contributed by atoms with Gasteiger partial charge in [-0.1, -0.05) is 28.1 Å². The molecule has 1 aromatic heterocycles. The largest absolute Gasteiger partial charge is 0.343 e. The van der Waals surface area contributed by atoms with Crippen LogP contribution in [-0.2, 0) is 6.42 Å². The molecule has 0 spiro atoms. The van der Waals surface area contributed by atoms with Crippen molar-refractivity contribution >= 4 is 38.4 Å². The Balaban J connectivity index is 1.81. The first kappa shape index (κ1) is 16.0. The number of amides is 1. The van der Waals surface area contributed by atoms with Gasteiger partial charge < -0.3 is 9.88 Å². The molecule has 1 aliphatic heterocycles. The third-order valence-electron chi connectivity index (χ3n) is 4.55. The molecule has 0 saturated carbocycles. The van der Waals surface area contributed by atoms with Crippen molar-refractivity contribution in [3.63, 3.8) is 0 Å². The molecule has 6 heteroatoms. The topological polar surface area (TPSA) is 51.1 Å². The van der Waals surface area contributed by atoms with Crippen LogP contribution in [0.5, 0.6) is 0 Å². The highest BCUT2D eigenvalue weighted by Gasteiger charge is 2.24. The third-order valence-corrected chi connectivity index (χ3v) is 5.04. The molecule has 4 rings (SSSR count). The molecule has 2 heterocycles. The Morgan fingerprint density at radius 2 is 2.12 bits per heavy atom. The molecule has 25 heavy (non-hydrogen) atoms. The zero-order valence-corrected chi connectivity index (χ0v) is 14.9. The van der Waals surface area contributed by atoms with Crippen molar-refractivity contribution in [3.8, 4) is 0 Å². The number of nitrogens with zero attached hydrogens (tertiary/aromatic N) is 1. The summed E-state index contributed by atoms with van der Waals surface area (Å²) >= 11 is 3.17. The van der Waals surface area contributed by atoms with E-state index in [0.717, 1.165) is 17.5 Å². The minimum atomic E-state index is -0.610. The van der Waals surface area contributed by atoms with Crippen LogP contribution >= 0.6 is 15.9 Å². The van der Waals surface area contributed by atoms with Crippen LogP contribution in [0, 0.1) is 5.82 Å². The second-order valence-corrected chi connectivity index (χ2v) is 7.14. The number of nitrogens with one attached hydrogen (secondary N) is 1. The lowest BCUT2D eigenvalue weighted by molar-refractivity contribution is 0.102. The SMILES string of the molecule is C[C@H]1Cc2cccc3c(=O)c(C(=O)Nc4ccc(Br)cc4F)cn1c23. The van der Waals surface area contributed by atoms with E-state index in [1.807, 2.05) is 23.6 Å². The minimum absolute atomic E-state index is 0.0146. The number of carbonyl (C=O) groups is 1. The van der Waals surface area contributed by atoms with Gasteiger partial charge in [0.2, 0.25) is 5.43 Å². The van der Waals surface area contributed by atoms with Crippen molar-refractivity contribution in [3.05, 3.63) is 74.2 Å². The number of hydrogen-bond acceptors (Lipinski definition) is 2. The van der Waals surface area contributed by atoms with E-state index < -0.39 is 11.7 Å². The van der Waals surface area contributed by atoms with Crippen LogP contribution in [0.25, 0.3) is 10.9 Å². The fraction of sp³-hybridized carbons (Fsp3) is 0.158. The van der Waals surface area contributed by atoms with Gasteiger partial charge in [-0.25, -0.2) is 4.39 Å². The normalized spacial score (nSPS) is 15.6. The molecule has 0 saturated heterocycles. The summed E-state index contributed by atoms with van der Waals surface area (Å²) in [6.07, 6.45) is 2.40. The van der Waals surface area contributed by atoms with Crippen LogP contribution < -0.4 is 10.7 Å². The molecular formula is C19H14BrFN2O2. The number of carbonyl (C=O) groups excluding carboxylic acids is 1. The van der Waals surface area contributed by atoms with E-state index in [-0.39, 0.29) is 22.7 Å². The summed E-state index contributed by atoms with van der Waals surface area (Å²) in [6, 6.07) is 10.1. The Morgan fingerprint density at radius 1 is 1.32 bits per heavy atom. The summed E-state index contributed by atoms with van der Waals surface area (Å²) in [4.78, 5) is 25.4. The molecule has 2 aromatic carbocycles. The zero-order chi connectivity index (χ0) is 17.7. The van der Waals surface area contributed by atoms with E-state index in [9.17, 15) is 14.0 Å². The average Bonchev–Trinajstić information content (AvgIpc) is 2.89. The molecule has 1 aliphatic rings. The van der Waals surface area contributed by atoms with Gasteiger partial charge in [0.05, 0.1) is 11.2 Å². The maximum Gasteiger partial charge on any atom is 0.261 e. The number of para-hydroxylation sites is 1. The molecule has 3 aromatic rings. The summed E-state index contributed by atoms with van der Waals surface area (Å²) in [7, 11) is 0. The Kier molecular flexibility index (Phi) is 3.72. The summed E-state index contributed by atoms with van der Waals surface area (Å²) < 4.78 is 16.5. The Hall–Kier alpha value is -2.47. The fourth-order valence-corrected chi connectivity index (χ4v) is 3.69. The smallest absolute Gasteiger partial charge is 0.261 e. The van der Waals surface area contributed by atoms with Crippen LogP contribution in [0.2, 0.25) is 0 Å². The molecule has 0 aliphatic carbocycles. The minimum Gasteiger partial charge on any atom is -0.343 e. The number of anilines is 1. The second-order valence-electron chi connectivity index (χ2n) is 6.22. The van der Waals surface area contributed by atoms with E-state index in [1.54, 1.807) is 18.3 Å². The molecule has 0 unspecified atom stereocenters. The number of aromatic nitrogens is 1. The highest BCUT2D eigenvalue weighted by atomic mass is 79.9. The zero-order valence-electron chi connectivity index (χ0n) is 13.3. The Labute approximate surface area is 151 Å². The summed E-state index contributed by atoms with van der Waals surface area (Å²) in [5, 5.41) is 3.01.